The fourth-order valence-electron chi connectivity index (χ4n) is 2.02. The van der Waals surface area contributed by atoms with Crippen molar-refractivity contribution in [3.63, 3.8) is 0 Å². The zero-order valence-corrected chi connectivity index (χ0v) is 13.3. The summed E-state index contributed by atoms with van der Waals surface area (Å²) in [6, 6.07) is 0. The SMILES string of the molecule is CCNC(=O)CN=C(NCC)N1CCSC(C)(C)C1. The van der Waals surface area contributed by atoms with Gasteiger partial charge in [-0.15, -0.1) is 0 Å². The molecule has 0 aliphatic carbocycles. The van der Waals surface area contributed by atoms with E-state index in [4.69, 9.17) is 0 Å². The Morgan fingerprint density at radius 2 is 2.00 bits per heavy atom. The summed E-state index contributed by atoms with van der Waals surface area (Å²) >= 11 is 1.99. The van der Waals surface area contributed by atoms with Gasteiger partial charge in [-0.1, -0.05) is 0 Å². The molecule has 0 aromatic heterocycles. The van der Waals surface area contributed by atoms with Crippen LogP contribution in [0.3, 0.4) is 0 Å². The van der Waals surface area contributed by atoms with Gasteiger partial charge in [0, 0.05) is 36.7 Å². The van der Waals surface area contributed by atoms with E-state index in [1.165, 1.54) is 0 Å². The van der Waals surface area contributed by atoms with Crippen LogP contribution in [0, 0.1) is 0 Å². The summed E-state index contributed by atoms with van der Waals surface area (Å²) in [5.74, 6) is 1.92. The molecule has 1 fully saturated rings. The number of rotatable bonds is 4. The normalized spacial score (nSPS) is 19.2. The summed E-state index contributed by atoms with van der Waals surface area (Å²) in [5, 5.41) is 6.04. The highest BCUT2D eigenvalue weighted by molar-refractivity contribution is 8.00. The van der Waals surface area contributed by atoms with E-state index in [0.29, 0.717) is 6.54 Å². The van der Waals surface area contributed by atoms with Crippen LogP contribution >= 0.6 is 11.8 Å². The second kappa shape index (κ2) is 7.62. The molecule has 1 saturated heterocycles. The van der Waals surface area contributed by atoms with Crippen molar-refractivity contribution in [2.24, 2.45) is 4.99 Å². The topological polar surface area (TPSA) is 56.7 Å². The number of carbonyl (C=O) groups is 1. The average Bonchev–Trinajstić information content (AvgIpc) is 2.33. The second-order valence-corrected chi connectivity index (χ2v) is 6.96. The van der Waals surface area contributed by atoms with Crippen LogP contribution < -0.4 is 10.6 Å². The average molecular weight is 286 g/mol. The smallest absolute Gasteiger partial charge is 0.241 e. The Balaban J connectivity index is 2.65. The molecule has 0 aromatic rings. The first-order valence-corrected chi connectivity index (χ1v) is 7.91. The highest BCUT2D eigenvalue weighted by Crippen LogP contribution is 2.29. The van der Waals surface area contributed by atoms with Gasteiger partial charge in [-0.05, 0) is 27.7 Å². The van der Waals surface area contributed by atoms with Crippen molar-refractivity contribution in [3.05, 3.63) is 0 Å². The van der Waals surface area contributed by atoms with Crippen LogP contribution in [-0.4, -0.2) is 60.0 Å². The van der Waals surface area contributed by atoms with Crippen LogP contribution in [-0.2, 0) is 4.79 Å². The van der Waals surface area contributed by atoms with Crippen molar-refractivity contribution in [1.29, 1.82) is 0 Å². The molecule has 110 valence electrons. The Morgan fingerprint density at radius 1 is 1.32 bits per heavy atom. The lowest BCUT2D eigenvalue weighted by Gasteiger charge is -2.39. The summed E-state index contributed by atoms with van der Waals surface area (Å²) in [7, 11) is 0. The lowest BCUT2D eigenvalue weighted by Crippen LogP contribution is -2.51. The fourth-order valence-corrected chi connectivity index (χ4v) is 3.13. The number of hydrogen-bond donors (Lipinski definition) is 2. The van der Waals surface area contributed by atoms with Gasteiger partial charge in [0.1, 0.15) is 6.54 Å². The second-order valence-electron chi connectivity index (χ2n) is 5.15. The van der Waals surface area contributed by atoms with Crippen LogP contribution in [0.1, 0.15) is 27.7 Å². The molecule has 5 nitrogen and oxygen atoms in total. The number of carbonyl (C=O) groups excluding carboxylic acids is 1. The van der Waals surface area contributed by atoms with Gasteiger partial charge in [0.25, 0.3) is 0 Å². The first kappa shape index (κ1) is 16.1. The third-order valence-corrected chi connectivity index (χ3v) is 4.10. The van der Waals surface area contributed by atoms with Crippen molar-refractivity contribution in [3.8, 4) is 0 Å². The fraction of sp³-hybridized carbons (Fsp3) is 0.846. The van der Waals surface area contributed by atoms with Crippen molar-refractivity contribution in [2.75, 3.05) is 38.5 Å². The number of nitrogens with zero attached hydrogens (tertiary/aromatic N) is 2. The molecule has 1 heterocycles. The van der Waals surface area contributed by atoms with Gasteiger partial charge in [0.2, 0.25) is 5.91 Å². The number of thioether (sulfide) groups is 1. The molecule has 0 bridgehead atoms. The zero-order chi connectivity index (χ0) is 14.3. The lowest BCUT2D eigenvalue weighted by atomic mass is 10.2. The van der Waals surface area contributed by atoms with E-state index in [0.717, 1.165) is 31.3 Å². The number of likely N-dealkylation sites (N-methyl/N-ethyl adjacent to an activating group) is 1. The Kier molecular flexibility index (Phi) is 6.48. The molecule has 1 aliphatic heterocycles. The molecule has 1 rings (SSSR count). The third kappa shape index (κ3) is 5.72. The maximum Gasteiger partial charge on any atom is 0.241 e. The Labute approximate surface area is 120 Å². The van der Waals surface area contributed by atoms with Gasteiger partial charge in [0.05, 0.1) is 0 Å². The molecule has 0 saturated carbocycles. The molecular weight excluding hydrogens is 260 g/mol. The number of guanidine groups is 1. The summed E-state index contributed by atoms with van der Waals surface area (Å²) in [4.78, 5) is 18.2. The predicted molar refractivity (Wildman–Crippen MR) is 82.8 cm³/mol. The summed E-state index contributed by atoms with van der Waals surface area (Å²) in [5.41, 5.74) is 0. The van der Waals surface area contributed by atoms with Gasteiger partial charge >= 0.3 is 0 Å². The zero-order valence-electron chi connectivity index (χ0n) is 12.5. The van der Waals surface area contributed by atoms with E-state index in [1.807, 2.05) is 25.6 Å². The minimum Gasteiger partial charge on any atom is -0.357 e. The number of aliphatic imine (C=N–C) groups is 1. The minimum absolute atomic E-state index is 0.0245. The highest BCUT2D eigenvalue weighted by atomic mass is 32.2. The minimum atomic E-state index is -0.0245. The number of amides is 1. The van der Waals surface area contributed by atoms with Crippen LogP contribution in [0.2, 0.25) is 0 Å². The van der Waals surface area contributed by atoms with E-state index in [2.05, 4.69) is 34.4 Å². The molecule has 1 amide bonds. The first-order valence-electron chi connectivity index (χ1n) is 6.92. The molecule has 0 atom stereocenters. The van der Waals surface area contributed by atoms with Crippen molar-refractivity contribution >= 4 is 23.6 Å². The predicted octanol–water partition coefficient (Wildman–Crippen LogP) is 0.915. The van der Waals surface area contributed by atoms with Gasteiger partial charge in [-0.3, -0.25) is 4.79 Å². The Morgan fingerprint density at radius 3 is 2.58 bits per heavy atom. The maximum atomic E-state index is 11.5. The Bertz CT molecular complexity index is 331. The molecule has 6 heteroatoms. The number of nitrogens with one attached hydrogen (secondary N) is 2. The van der Waals surface area contributed by atoms with Crippen molar-refractivity contribution in [1.82, 2.24) is 15.5 Å². The molecule has 0 aromatic carbocycles. The van der Waals surface area contributed by atoms with Crippen molar-refractivity contribution in [2.45, 2.75) is 32.4 Å². The van der Waals surface area contributed by atoms with Crippen LogP contribution in [0.4, 0.5) is 0 Å². The van der Waals surface area contributed by atoms with Crippen LogP contribution in [0.25, 0.3) is 0 Å². The largest absolute Gasteiger partial charge is 0.357 e. The third-order valence-electron chi connectivity index (χ3n) is 2.81. The van der Waals surface area contributed by atoms with Gasteiger partial charge in [0.15, 0.2) is 5.96 Å². The molecule has 0 radical (unpaired) electrons. The van der Waals surface area contributed by atoms with E-state index < -0.39 is 0 Å². The molecule has 0 unspecified atom stereocenters. The summed E-state index contributed by atoms with van der Waals surface area (Å²) in [6.45, 7) is 12.1. The lowest BCUT2D eigenvalue weighted by molar-refractivity contribution is -0.119. The van der Waals surface area contributed by atoms with E-state index in [9.17, 15) is 4.79 Å². The molecule has 19 heavy (non-hydrogen) atoms. The van der Waals surface area contributed by atoms with Gasteiger partial charge in [-0.2, -0.15) is 11.8 Å². The molecule has 0 spiro atoms. The van der Waals surface area contributed by atoms with Gasteiger partial charge in [-0.25, -0.2) is 4.99 Å². The van der Waals surface area contributed by atoms with E-state index in [1.54, 1.807) is 0 Å². The van der Waals surface area contributed by atoms with Gasteiger partial charge < -0.3 is 15.5 Å². The highest BCUT2D eigenvalue weighted by Gasteiger charge is 2.28. The maximum absolute atomic E-state index is 11.5. The molecular formula is C13H26N4OS. The number of hydrogen-bond acceptors (Lipinski definition) is 3. The summed E-state index contributed by atoms with van der Waals surface area (Å²) in [6.07, 6.45) is 0. The quantitative estimate of drug-likeness (QED) is 0.596. The molecule has 2 N–H and O–H groups in total. The van der Waals surface area contributed by atoms with Crippen LogP contribution in [0.15, 0.2) is 4.99 Å². The molecule has 1 aliphatic rings. The first-order chi connectivity index (χ1) is 8.98. The van der Waals surface area contributed by atoms with E-state index in [-0.39, 0.29) is 17.2 Å². The van der Waals surface area contributed by atoms with E-state index >= 15 is 0 Å². The standard InChI is InChI=1S/C13H26N4OS/c1-5-14-11(18)9-16-12(15-6-2)17-7-8-19-13(3,4)10-17/h5-10H2,1-4H3,(H,14,18)(H,15,16). The summed E-state index contributed by atoms with van der Waals surface area (Å²) < 4.78 is 0.236. The Hall–Kier alpha value is -0.910. The van der Waals surface area contributed by atoms with Crippen molar-refractivity contribution < 1.29 is 4.79 Å². The van der Waals surface area contributed by atoms with Crippen LogP contribution in [0.5, 0.6) is 0 Å². The monoisotopic (exact) mass is 286 g/mol.